The van der Waals surface area contributed by atoms with Gasteiger partial charge in [0.2, 0.25) is 0 Å². The summed E-state index contributed by atoms with van der Waals surface area (Å²) in [5.41, 5.74) is 2.87. The van der Waals surface area contributed by atoms with Crippen molar-refractivity contribution in [2.75, 3.05) is 90.4 Å². The molecule has 1 unspecified atom stereocenters. The van der Waals surface area contributed by atoms with Crippen LogP contribution in [0.1, 0.15) is 35.5 Å². The van der Waals surface area contributed by atoms with E-state index in [2.05, 4.69) is 9.62 Å². The highest BCUT2D eigenvalue weighted by Crippen LogP contribution is 2.39. The fourth-order valence-electron chi connectivity index (χ4n) is 5.55. The number of aliphatic hydroxyl groups is 1. The maximum Gasteiger partial charge on any atom is 0.261 e. The van der Waals surface area contributed by atoms with Gasteiger partial charge in [-0.2, -0.15) is 0 Å². The number of hydrogen-bond acceptors (Lipinski definition) is 11. The van der Waals surface area contributed by atoms with Crippen molar-refractivity contribution in [3.8, 4) is 0 Å². The Morgan fingerprint density at radius 2 is 1.27 bits per heavy atom. The molecule has 12 nitrogen and oxygen atoms in total. The molecule has 2 aliphatic rings. The van der Waals surface area contributed by atoms with Crippen LogP contribution >= 0.6 is 0 Å². The largest absolute Gasteiger partial charge is 0.392 e. The van der Waals surface area contributed by atoms with Gasteiger partial charge in [0.1, 0.15) is 0 Å². The third-order valence-electron chi connectivity index (χ3n) is 8.13. The first-order valence-electron chi connectivity index (χ1n) is 16.8. The lowest BCUT2D eigenvalue weighted by Gasteiger charge is -2.38. The summed E-state index contributed by atoms with van der Waals surface area (Å²) >= 11 is 0. The topological polar surface area (TPSA) is 134 Å². The van der Waals surface area contributed by atoms with Crippen LogP contribution < -0.4 is 4.72 Å². The third kappa shape index (κ3) is 12.4. The summed E-state index contributed by atoms with van der Waals surface area (Å²) in [5.74, 6) is 0. The summed E-state index contributed by atoms with van der Waals surface area (Å²) < 4.78 is 70.3. The number of aliphatic hydroxyl groups excluding tert-OH is 1. The van der Waals surface area contributed by atoms with Gasteiger partial charge in [-0.1, -0.05) is 54.6 Å². The molecule has 2 aliphatic heterocycles. The van der Waals surface area contributed by atoms with Crippen molar-refractivity contribution in [2.24, 2.45) is 0 Å². The van der Waals surface area contributed by atoms with Crippen molar-refractivity contribution < 1.29 is 46.7 Å². The normalized spacial score (nSPS) is 23.2. The summed E-state index contributed by atoms with van der Waals surface area (Å²) in [6, 6.07) is 23.1. The van der Waals surface area contributed by atoms with Crippen LogP contribution in [-0.2, 0) is 49.8 Å². The molecule has 0 bridgehead atoms. The first-order valence-corrected chi connectivity index (χ1v) is 18.3. The lowest BCUT2D eigenvalue weighted by atomic mass is 9.99. The minimum absolute atomic E-state index is 0.0440. The summed E-state index contributed by atoms with van der Waals surface area (Å²) in [4.78, 5) is 2.44. The second-order valence-electron chi connectivity index (χ2n) is 11.8. The maximum absolute atomic E-state index is 13.1. The molecule has 3 aromatic carbocycles. The summed E-state index contributed by atoms with van der Waals surface area (Å²) in [7, 11) is -3.78. The molecule has 2 fully saturated rings. The van der Waals surface area contributed by atoms with Crippen LogP contribution in [0.2, 0.25) is 0 Å². The summed E-state index contributed by atoms with van der Waals surface area (Å²) in [6.45, 7) is 6.92. The SMILES string of the molecule is O=S(=O)(Nc1cccc(C2O[C@H](CN3CCOCCOCCOCCOCCOCC3)C[C@H](c3ccc(CO)cc3)O2)c1)c1ccccc1. The molecular weight excluding hydrogens is 652 g/mol. The average molecular weight is 701 g/mol. The number of benzene rings is 3. The van der Waals surface area contributed by atoms with Gasteiger partial charge in [-0.25, -0.2) is 8.42 Å². The predicted octanol–water partition coefficient (Wildman–Crippen LogP) is 3.92. The maximum atomic E-state index is 13.1. The molecule has 5 rings (SSSR count). The van der Waals surface area contributed by atoms with Crippen LogP contribution in [0, 0.1) is 0 Å². The van der Waals surface area contributed by atoms with Crippen molar-refractivity contribution >= 4 is 15.7 Å². The minimum atomic E-state index is -3.78. The molecule has 0 amide bonds. The van der Waals surface area contributed by atoms with E-state index in [1.54, 1.807) is 48.5 Å². The standard InChI is InChI=1S/C36H48N2O10S/c39-28-29-9-11-30(12-10-29)35-26-33(27-38-13-15-42-17-19-44-21-23-46-24-22-45-20-18-43-16-14-38)47-36(48-35)31-5-4-6-32(25-31)37-49(40,41)34-7-2-1-3-8-34/h1-12,25,33,35-37,39H,13-24,26-28H2/t33-,35+,36?/m0/s1. The number of sulfonamides is 1. The fourth-order valence-corrected chi connectivity index (χ4v) is 6.62. The lowest BCUT2D eigenvalue weighted by molar-refractivity contribution is -0.253. The molecule has 0 aliphatic carbocycles. The Kier molecular flexibility index (Phi) is 15.3. The highest BCUT2D eigenvalue weighted by atomic mass is 32.2. The molecule has 2 heterocycles. The minimum Gasteiger partial charge on any atom is -0.392 e. The van der Waals surface area contributed by atoms with Crippen LogP contribution in [0.5, 0.6) is 0 Å². The Balaban J connectivity index is 1.29. The van der Waals surface area contributed by atoms with Gasteiger partial charge in [0.05, 0.1) is 89.8 Å². The Bertz CT molecular complexity index is 1460. The molecule has 13 heteroatoms. The monoisotopic (exact) mass is 700 g/mol. The van der Waals surface area contributed by atoms with Crippen molar-refractivity contribution in [3.63, 3.8) is 0 Å². The van der Waals surface area contributed by atoms with Crippen LogP contribution in [-0.4, -0.2) is 110 Å². The van der Waals surface area contributed by atoms with E-state index in [4.69, 9.17) is 33.2 Å². The first kappa shape index (κ1) is 37.3. The molecular formula is C36H48N2O10S. The molecule has 0 radical (unpaired) electrons. The van der Waals surface area contributed by atoms with Crippen molar-refractivity contribution in [1.29, 1.82) is 0 Å². The Morgan fingerprint density at radius 3 is 1.86 bits per heavy atom. The first-order chi connectivity index (χ1) is 24.0. The fraction of sp³-hybridized carbons (Fsp3) is 0.500. The van der Waals surface area contributed by atoms with Gasteiger partial charge in [0.15, 0.2) is 6.29 Å². The second kappa shape index (κ2) is 20.0. The van der Waals surface area contributed by atoms with Gasteiger partial charge in [0, 0.05) is 37.3 Å². The molecule has 3 atom stereocenters. The van der Waals surface area contributed by atoms with E-state index in [1.807, 2.05) is 30.3 Å². The third-order valence-corrected chi connectivity index (χ3v) is 9.53. The highest BCUT2D eigenvalue weighted by Gasteiger charge is 2.33. The molecule has 268 valence electrons. The predicted molar refractivity (Wildman–Crippen MR) is 183 cm³/mol. The lowest BCUT2D eigenvalue weighted by Crippen LogP contribution is -2.42. The zero-order chi connectivity index (χ0) is 34.2. The number of ether oxygens (including phenoxy) is 7. The Labute approximate surface area is 289 Å². The molecule has 0 spiro atoms. The molecule has 49 heavy (non-hydrogen) atoms. The van der Waals surface area contributed by atoms with Crippen LogP contribution in [0.25, 0.3) is 0 Å². The van der Waals surface area contributed by atoms with Gasteiger partial charge < -0.3 is 38.3 Å². The molecule has 2 N–H and O–H groups in total. The van der Waals surface area contributed by atoms with Crippen molar-refractivity contribution in [2.45, 2.75) is 36.4 Å². The van der Waals surface area contributed by atoms with E-state index < -0.39 is 16.3 Å². The zero-order valence-electron chi connectivity index (χ0n) is 27.8. The quantitative estimate of drug-likeness (QED) is 0.354. The second-order valence-corrected chi connectivity index (χ2v) is 13.4. The number of hydrogen-bond donors (Lipinski definition) is 2. The number of nitrogens with zero attached hydrogens (tertiary/aromatic N) is 1. The summed E-state index contributed by atoms with van der Waals surface area (Å²) in [6.07, 6.45) is -0.687. The molecule has 2 saturated heterocycles. The van der Waals surface area contributed by atoms with Crippen LogP contribution in [0.15, 0.2) is 83.8 Å². The molecule has 3 aromatic rings. The van der Waals surface area contributed by atoms with E-state index in [-0.39, 0.29) is 23.7 Å². The van der Waals surface area contributed by atoms with Crippen LogP contribution in [0.3, 0.4) is 0 Å². The Morgan fingerprint density at radius 1 is 0.673 bits per heavy atom. The van der Waals surface area contributed by atoms with E-state index >= 15 is 0 Å². The van der Waals surface area contributed by atoms with Crippen molar-refractivity contribution in [1.82, 2.24) is 4.90 Å². The van der Waals surface area contributed by atoms with Gasteiger partial charge in [-0.05, 0) is 35.4 Å². The van der Waals surface area contributed by atoms with Gasteiger partial charge in [-0.3, -0.25) is 9.62 Å². The van der Waals surface area contributed by atoms with Crippen molar-refractivity contribution in [3.05, 3.63) is 95.6 Å². The number of rotatable bonds is 8. The summed E-state index contributed by atoms with van der Waals surface area (Å²) in [5, 5.41) is 9.58. The van der Waals surface area contributed by atoms with E-state index in [9.17, 15) is 13.5 Å². The number of anilines is 1. The number of nitrogens with one attached hydrogen (secondary N) is 1. The van der Waals surface area contributed by atoms with Gasteiger partial charge in [-0.15, -0.1) is 0 Å². The molecule has 0 saturated carbocycles. The molecule has 0 aromatic heterocycles. The van der Waals surface area contributed by atoms with E-state index in [0.29, 0.717) is 103 Å². The highest BCUT2D eigenvalue weighted by molar-refractivity contribution is 7.92. The van der Waals surface area contributed by atoms with Crippen LogP contribution in [0.4, 0.5) is 5.69 Å². The Hall–Kier alpha value is -2.95. The van der Waals surface area contributed by atoms with E-state index in [0.717, 1.165) is 11.1 Å². The van der Waals surface area contributed by atoms with Gasteiger partial charge >= 0.3 is 0 Å². The van der Waals surface area contributed by atoms with E-state index in [1.165, 1.54) is 0 Å². The smallest absolute Gasteiger partial charge is 0.261 e. The average Bonchev–Trinajstić information content (AvgIpc) is 3.12. The zero-order valence-corrected chi connectivity index (χ0v) is 28.6. The van der Waals surface area contributed by atoms with Gasteiger partial charge in [0.25, 0.3) is 10.0 Å².